The number of rotatable bonds is 7. The molecule has 1 N–H and O–H groups in total. The van der Waals surface area contributed by atoms with Gasteiger partial charge in [-0.05, 0) is 135 Å². The minimum Gasteiger partial charge on any atom is -0.481 e. The molecule has 9 unspecified atom stereocenters. The highest BCUT2D eigenvalue weighted by Crippen LogP contribution is 2.87. The minimum absolute atomic E-state index is 0.0985. The van der Waals surface area contributed by atoms with E-state index in [1.807, 2.05) is 4.90 Å². The molecule has 0 radical (unpaired) electrons. The number of fused-ring (bicyclic) bond motifs is 4. The Hall–Kier alpha value is -1.18. The van der Waals surface area contributed by atoms with E-state index in [-0.39, 0.29) is 36.2 Å². The molecule has 2 heterocycles. The molecule has 8 aliphatic rings. The van der Waals surface area contributed by atoms with Crippen LogP contribution in [0.25, 0.3) is 0 Å². The normalized spacial score (nSPS) is 49.6. The van der Waals surface area contributed by atoms with Gasteiger partial charge in [0, 0.05) is 19.4 Å². The van der Waals surface area contributed by atoms with Gasteiger partial charge >= 0.3 is 5.97 Å². The Morgan fingerprint density at radius 3 is 2.53 bits per heavy atom. The van der Waals surface area contributed by atoms with Crippen LogP contribution in [0.3, 0.4) is 0 Å². The zero-order valence-electron chi connectivity index (χ0n) is 26.9. The van der Waals surface area contributed by atoms with Crippen molar-refractivity contribution in [2.75, 3.05) is 19.7 Å². The van der Waals surface area contributed by atoms with Gasteiger partial charge in [-0.25, -0.2) is 0 Å². The third kappa shape index (κ3) is 4.51. The monoisotopic (exact) mass is 597 g/mol. The standard InChI is InChI=1S/C36H55NO6/c1-33(2)28-10-9-24-26-19-27-25(8-6-23(42-27)7-11-31(39)40)34(26,3)14-15-35(24)21-36(28,35)13-12-29(33)43-32-20-37(16-17-41-32)30(38)18-22-4-5-22/h22-29,32H,4-21H2,1-3H3,(H,39,40)/t23?,24?,25?,26?,27?,28?,29-,32?,34+,35?,36?/m0/s1. The molecule has 8 rings (SSSR count). The molecule has 0 aromatic heterocycles. The van der Waals surface area contributed by atoms with Crippen LogP contribution in [0.4, 0.5) is 0 Å². The summed E-state index contributed by atoms with van der Waals surface area (Å²) in [5.74, 6) is 3.11. The second-order valence-electron chi connectivity index (χ2n) is 17.3. The predicted molar refractivity (Wildman–Crippen MR) is 161 cm³/mol. The molecule has 11 atom stereocenters. The summed E-state index contributed by atoms with van der Waals surface area (Å²) in [6.07, 6.45) is 17.0. The first kappa shape index (κ1) is 29.2. The Balaban J connectivity index is 0.943. The number of carbonyl (C=O) groups excluding carboxylic acids is 1. The van der Waals surface area contributed by atoms with E-state index in [4.69, 9.17) is 14.2 Å². The molecule has 240 valence electrons. The lowest BCUT2D eigenvalue weighted by atomic mass is 9.46. The molecular weight excluding hydrogens is 542 g/mol. The van der Waals surface area contributed by atoms with Crippen molar-refractivity contribution >= 4 is 11.9 Å². The van der Waals surface area contributed by atoms with Crippen LogP contribution in [0.1, 0.15) is 117 Å². The van der Waals surface area contributed by atoms with Crippen molar-refractivity contribution in [2.45, 2.75) is 142 Å². The number of morpholine rings is 1. The Morgan fingerprint density at radius 1 is 0.930 bits per heavy atom. The van der Waals surface area contributed by atoms with Crippen LogP contribution in [0.2, 0.25) is 0 Å². The van der Waals surface area contributed by atoms with Crippen molar-refractivity contribution in [3.63, 3.8) is 0 Å². The highest BCUT2D eigenvalue weighted by molar-refractivity contribution is 5.76. The van der Waals surface area contributed by atoms with E-state index in [9.17, 15) is 14.7 Å². The molecule has 6 saturated carbocycles. The van der Waals surface area contributed by atoms with Crippen molar-refractivity contribution in [3.8, 4) is 0 Å². The zero-order valence-corrected chi connectivity index (χ0v) is 26.9. The van der Waals surface area contributed by atoms with Crippen LogP contribution in [0.15, 0.2) is 0 Å². The van der Waals surface area contributed by atoms with E-state index in [0.717, 1.165) is 24.7 Å². The third-order valence-electron chi connectivity index (χ3n) is 15.2. The summed E-state index contributed by atoms with van der Waals surface area (Å²) in [7, 11) is 0. The lowest BCUT2D eigenvalue weighted by Gasteiger charge is -2.60. The average Bonchev–Trinajstić information content (AvgIpc) is 3.89. The number of hydrogen-bond donors (Lipinski definition) is 1. The first-order chi connectivity index (χ1) is 20.6. The van der Waals surface area contributed by atoms with Gasteiger partial charge in [0.25, 0.3) is 0 Å². The molecule has 1 amide bonds. The summed E-state index contributed by atoms with van der Waals surface area (Å²) in [5.41, 5.74) is 1.46. The molecule has 0 aromatic rings. The average molecular weight is 598 g/mol. The Kier molecular flexibility index (Phi) is 6.91. The molecule has 7 heteroatoms. The molecule has 2 aliphatic heterocycles. The van der Waals surface area contributed by atoms with Crippen molar-refractivity contribution in [3.05, 3.63) is 0 Å². The maximum Gasteiger partial charge on any atom is 0.303 e. The first-order valence-electron chi connectivity index (χ1n) is 18.0. The molecule has 6 aliphatic carbocycles. The maximum atomic E-state index is 12.8. The van der Waals surface area contributed by atoms with Gasteiger partial charge in [-0.3, -0.25) is 9.59 Å². The number of aliphatic carboxylic acids is 1. The van der Waals surface area contributed by atoms with E-state index in [0.29, 0.717) is 72.6 Å². The number of carbonyl (C=O) groups is 2. The fraction of sp³-hybridized carbons (Fsp3) is 0.944. The summed E-state index contributed by atoms with van der Waals surface area (Å²) in [6, 6.07) is 0. The SMILES string of the molecule is CC1(C)C2CCC3C4CC5OC(CCC(=O)O)CCC5[C@@]4(C)CCC34CC24CC[C@@H]1OC1CN(C(=O)CC2CC2)CCO1. The van der Waals surface area contributed by atoms with Crippen LogP contribution in [0.5, 0.6) is 0 Å². The third-order valence-corrected chi connectivity index (χ3v) is 15.2. The van der Waals surface area contributed by atoms with Crippen LogP contribution < -0.4 is 0 Å². The van der Waals surface area contributed by atoms with E-state index >= 15 is 0 Å². The van der Waals surface area contributed by atoms with Gasteiger partial charge in [0.05, 0.1) is 31.5 Å². The van der Waals surface area contributed by atoms with Crippen LogP contribution in [0, 0.1) is 51.2 Å². The van der Waals surface area contributed by atoms with Gasteiger partial charge in [-0.1, -0.05) is 20.8 Å². The summed E-state index contributed by atoms with van der Waals surface area (Å²) in [6.45, 7) is 9.44. The molecule has 2 spiro atoms. The van der Waals surface area contributed by atoms with E-state index in [2.05, 4.69) is 20.8 Å². The van der Waals surface area contributed by atoms with Gasteiger partial charge in [0.1, 0.15) is 0 Å². The van der Waals surface area contributed by atoms with Gasteiger partial charge < -0.3 is 24.2 Å². The molecule has 0 aromatic carbocycles. The molecule has 43 heavy (non-hydrogen) atoms. The lowest BCUT2D eigenvalue weighted by molar-refractivity contribution is -0.244. The number of amides is 1. The van der Waals surface area contributed by atoms with Gasteiger partial charge in [0.15, 0.2) is 6.29 Å². The molecule has 8 fully saturated rings. The first-order valence-corrected chi connectivity index (χ1v) is 18.0. The Bertz CT molecular complexity index is 1140. The van der Waals surface area contributed by atoms with Gasteiger partial charge in [-0.2, -0.15) is 0 Å². The predicted octanol–water partition coefficient (Wildman–Crippen LogP) is 6.43. The van der Waals surface area contributed by atoms with Crippen LogP contribution in [-0.2, 0) is 23.8 Å². The van der Waals surface area contributed by atoms with E-state index in [1.165, 1.54) is 64.2 Å². The lowest BCUT2D eigenvalue weighted by Crippen LogP contribution is -2.56. The smallest absolute Gasteiger partial charge is 0.303 e. The van der Waals surface area contributed by atoms with Gasteiger partial charge in [-0.15, -0.1) is 0 Å². The van der Waals surface area contributed by atoms with Crippen molar-refractivity contribution in [1.82, 2.24) is 4.90 Å². The van der Waals surface area contributed by atoms with Crippen LogP contribution in [-0.4, -0.2) is 66.2 Å². The number of hydrogen-bond acceptors (Lipinski definition) is 5. The van der Waals surface area contributed by atoms with E-state index in [1.54, 1.807) is 0 Å². The molecule has 2 saturated heterocycles. The summed E-state index contributed by atoms with van der Waals surface area (Å²) >= 11 is 0. The summed E-state index contributed by atoms with van der Waals surface area (Å²) < 4.78 is 19.6. The van der Waals surface area contributed by atoms with Crippen molar-refractivity contribution in [2.24, 2.45) is 51.2 Å². The number of ether oxygens (including phenoxy) is 3. The summed E-state index contributed by atoms with van der Waals surface area (Å²) in [5, 5.41) is 9.21. The number of carboxylic acid groups (broad SMARTS) is 1. The fourth-order valence-corrected chi connectivity index (χ4v) is 12.8. The number of carboxylic acids is 1. The van der Waals surface area contributed by atoms with Crippen molar-refractivity contribution < 1.29 is 28.9 Å². The zero-order chi connectivity index (χ0) is 29.8. The van der Waals surface area contributed by atoms with Crippen molar-refractivity contribution in [1.29, 1.82) is 0 Å². The quantitative estimate of drug-likeness (QED) is 0.364. The second kappa shape index (κ2) is 10.2. The second-order valence-corrected chi connectivity index (χ2v) is 17.3. The minimum atomic E-state index is -0.703. The maximum absolute atomic E-state index is 12.8. The molecular formula is C36H55NO6. The topological polar surface area (TPSA) is 85.3 Å². The fourth-order valence-electron chi connectivity index (χ4n) is 12.8. The Labute approximate surface area is 258 Å². The Morgan fingerprint density at radius 2 is 1.74 bits per heavy atom. The largest absolute Gasteiger partial charge is 0.481 e. The highest BCUT2D eigenvalue weighted by atomic mass is 16.7. The highest BCUT2D eigenvalue weighted by Gasteiger charge is 2.80. The van der Waals surface area contributed by atoms with Gasteiger partial charge in [0.2, 0.25) is 5.91 Å². The van der Waals surface area contributed by atoms with E-state index < -0.39 is 5.97 Å². The number of nitrogens with zero attached hydrogens (tertiary/aromatic N) is 1. The summed E-state index contributed by atoms with van der Waals surface area (Å²) in [4.78, 5) is 26.0. The van der Waals surface area contributed by atoms with Crippen LogP contribution >= 0.6 is 0 Å². The molecule has 0 bridgehead atoms. The molecule has 7 nitrogen and oxygen atoms in total.